The van der Waals surface area contributed by atoms with Crippen LogP contribution in [0, 0.1) is 0 Å². The van der Waals surface area contributed by atoms with Crippen LogP contribution in [0.5, 0.6) is 5.88 Å². The summed E-state index contributed by atoms with van der Waals surface area (Å²) in [6.07, 6.45) is 0.812. The van der Waals surface area contributed by atoms with Crippen LogP contribution in [0.1, 0.15) is 42.4 Å². The number of nitrogens with two attached hydrogens (primary N) is 1. The van der Waals surface area contributed by atoms with Crippen LogP contribution < -0.4 is 10.5 Å². The second-order valence-corrected chi connectivity index (χ2v) is 7.68. The molecule has 156 valence electrons. The van der Waals surface area contributed by atoms with Crippen molar-refractivity contribution >= 4 is 22.7 Å². The second-order valence-electron chi connectivity index (χ2n) is 6.56. The first-order valence-corrected chi connectivity index (χ1v) is 9.68. The third-order valence-corrected chi connectivity index (χ3v) is 5.18. The maximum Gasteiger partial charge on any atom is 0.272 e. The van der Waals surface area contributed by atoms with Gasteiger partial charge in [-0.05, 0) is 24.5 Å². The summed E-state index contributed by atoms with van der Waals surface area (Å²) in [4.78, 5) is 24.9. The Labute approximate surface area is 173 Å². The molecule has 3 rings (SSSR count). The number of benzene rings is 1. The van der Waals surface area contributed by atoms with Crippen molar-refractivity contribution < 1.29 is 18.3 Å². The zero-order chi connectivity index (χ0) is 20.1. The lowest BCUT2D eigenvalue weighted by atomic mass is 9.88. The van der Waals surface area contributed by atoms with E-state index in [9.17, 15) is 13.6 Å². The Hall–Kier alpha value is -2.55. The molecule has 2 heterocycles. The lowest BCUT2D eigenvalue weighted by Crippen LogP contribution is -2.28. The molecule has 0 amide bonds. The van der Waals surface area contributed by atoms with Crippen LogP contribution in [-0.4, -0.2) is 39.7 Å². The molecule has 1 aliphatic heterocycles. The van der Waals surface area contributed by atoms with Gasteiger partial charge in [0, 0.05) is 12.2 Å². The topological polar surface area (TPSA) is 90.5 Å². The Morgan fingerprint density at radius 3 is 2.79 bits per heavy atom. The predicted octanol–water partition coefficient (Wildman–Crippen LogP) is 3.85. The highest BCUT2D eigenvalue weighted by atomic mass is 32.2. The monoisotopic (exact) mass is 422 g/mol. The van der Waals surface area contributed by atoms with E-state index in [1.54, 1.807) is 0 Å². The molecule has 1 aromatic carbocycles. The van der Waals surface area contributed by atoms with Gasteiger partial charge in [-0.2, -0.15) is 0 Å². The largest absolute Gasteiger partial charge is 0.470 e. The summed E-state index contributed by atoms with van der Waals surface area (Å²) in [5.41, 5.74) is 7.46. The molecule has 6 nitrogen and oxygen atoms in total. The van der Waals surface area contributed by atoms with Gasteiger partial charge in [-0.3, -0.25) is 9.79 Å². The van der Waals surface area contributed by atoms with Crippen LogP contribution in [0.2, 0.25) is 0 Å². The molecule has 0 unspecified atom stereocenters. The van der Waals surface area contributed by atoms with Crippen molar-refractivity contribution in [3.8, 4) is 5.88 Å². The molecule has 0 spiro atoms. The minimum atomic E-state index is -2.60. The molecule has 0 aliphatic carbocycles. The third-order valence-electron chi connectivity index (χ3n) is 4.38. The molecule has 9 heteroatoms. The molecule has 0 bridgehead atoms. The van der Waals surface area contributed by atoms with E-state index in [0.717, 1.165) is 23.3 Å². The number of nitrogens with zero attached hydrogens (tertiary/aromatic N) is 3. The lowest BCUT2D eigenvalue weighted by molar-refractivity contribution is 0.0792. The quantitative estimate of drug-likeness (QED) is 0.682. The van der Waals surface area contributed by atoms with Gasteiger partial charge in [0.05, 0.1) is 17.9 Å². The van der Waals surface area contributed by atoms with Crippen LogP contribution >= 0.6 is 11.8 Å². The number of thioether (sulfide) groups is 1. The first-order valence-electron chi connectivity index (χ1n) is 8.69. The van der Waals surface area contributed by atoms with E-state index in [4.69, 9.17) is 10.5 Å². The maximum atomic E-state index is 12.5. The highest BCUT2D eigenvalue weighted by Gasteiger charge is 2.29. The first-order chi connectivity index (χ1) is 13.4. The second kappa shape index (κ2) is 9.78. The summed E-state index contributed by atoms with van der Waals surface area (Å²) in [5.74, 6) is 0.625. The SMILES string of the molecule is C.C[C@@]1(c2cccc(CC(=O)c3cnc(OCC(F)F)cn3)c2)CCSC(N)=N1. The zero-order valence-corrected chi connectivity index (χ0v) is 16.1. The molecule has 1 aliphatic rings. The summed E-state index contributed by atoms with van der Waals surface area (Å²) in [6, 6.07) is 7.69. The van der Waals surface area contributed by atoms with Gasteiger partial charge in [0.1, 0.15) is 5.69 Å². The number of carbonyl (C=O) groups excluding carboxylic acids is 1. The molecule has 0 saturated carbocycles. The van der Waals surface area contributed by atoms with Crippen LogP contribution in [0.4, 0.5) is 8.78 Å². The summed E-state index contributed by atoms with van der Waals surface area (Å²) in [6.45, 7) is 1.27. The van der Waals surface area contributed by atoms with Gasteiger partial charge in [0.2, 0.25) is 5.88 Å². The number of halogens is 2. The summed E-state index contributed by atoms with van der Waals surface area (Å²) in [7, 11) is 0. The fourth-order valence-corrected chi connectivity index (χ4v) is 3.84. The van der Waals surface area contributed by atoms with E-state index in [-0.39, 0.29) is 31.2 Å². The molecular formula is C20H24F2N4O2S. The molecule has 0 radical (unpaired) electrons. The molecule has 0 saturated heterocycles. The summed E-state index contributed by atoms with van der Waals surface area (Å²) < 4.78 is 29.0. The average Bonchev–Trinajstić information content (AvgIpc) is 2.67. The van der Waals surface area contributed by atoms with Crippen LogP contribution in [0.15, 0.2) is 41.7 Å². The van der Waals surface area contributed by atoms with Gasteiger partial charge in [-0.15, -0.1) is 0 Å². The number of alkyl halides is 2. The number of rotatable bonds is 7. The highest BCUT2D eigenvalue weighted by molar-refractivity contribution is 8.13. The molecule has 29 heavy (non-hydrogen) atoms. The van der Waals surface area contributed by atoms with Crippen LogP contribution in [0.3, 0.4) is 0 Å². The van der Waals surface area contributed by atoms with E-state index < -0.39 is 18.6 Å². The van der Waals surface area contributed by atoms with Gasteiger partial charge in [0.25, 0.3) is 6.43 Å². The van der Waals surface area contributed by atoms with E-state index >= 15 is 0 Å². The Balaban J connectivity index is 0.00000300. The Morgan fingerprint density at radius 1 is 1.34 bits per heavy atom. The minimum Gasteiger partial charge on any atom is -0.470 e. The fraction of sp³-hybridized carbons (Fsp3) is 0.400. The molecule has 0 fully saturated rings. The summed E-state index contributed by atoms with van der Waals surface area (Å²) >= 11 is 1.54. The van der Waals surface area contributed by atoms with E-state index in [2.05, 4.69) is 15.0 Å². The third kappa shape index (κ3) is 5.96. The number of hydrogen-bond acceptors (Lipinski definition) is 7. The van der Waals surface area contributed by atoms with Crippen molar-refractivity contribution in [2.75, 3.05) is 12.4 Å². The van der Waals surface area contributed by atoms with Crippen LogP contribution in [-0.2, 0) is 12.0 Å². The number of carbonyl (C=O) groups is 1. The summed E-state index contributed by atoms with van der Waals surface area (Å²) in [5, 5.41) is 0.569. The number of ether oxygens (including phenoxy) is 1. The number of Topliss-reactive ketones (excluding diaryl/α,β-unsaturated/α-hetero) is 1. The lowest BCUT2D eigenvalue weighted by Gasteiger charge is -2.30. The van der Waals surface area contributed by atoms with Gasteiger partial charge >= 0.3 is 0 Å². The smallest absolute Gasteiger partial charge is 0.272 e. The first kappa shape index (κ1) is 22.7. The van der Waals surface area contributed by atoms with Crippen molar-refractivity contribution in [3.63, 3.8) is 0 Å². The maximum absolute atomic E-state index is 12.5. The van der Waals surface area contributed by atoms with Gasteiger partial charge in [0.15, 0.2) is 17.6 Å². The Kier molecular flexibility index (Phi) is 7.66. The standard InChI is InChI=1S/C19H20F2N4O2S.CH4/c1-19(5-6-28-18(22)25-19)13-4-2-3-12(7-13)8-15(26)14-9-24-17(10-23-14)27-11-16(20)21;/h2-4,7,9-10,16H,5-6,8,11H2,1H3,(H2,22,25);1H4/t19-;/m0./s1. The molecule has 2 N–H and O–H groups in total. The van der Waals surface area contributed by atoms with Crippen molar-refractivity contribution in [3.05, 3.63) is 53.5 Å². The number of amidine groups is 1. The van der Waals surface area contributed by atoms with Crippen molar-refractivity contribution in [1.29, 1.82) is 0 Å². The highest BCUT2D eigenvalue weighted by Crippen LogP contribution is 2.35. The Bertz CT molecular complexity index is 877. The molecular weight excluding hydrogens is 398 g/mol. The molecule has 1 aromatic heterocycles. The van der Waals surface area contributed by atoms with E-state index in [1.165, 1.54) is 24.2 Å². The number of ketones is 1. The van der Waals surface area contributed by atoms with Crippen LogP contribution in [0.25, 0.3) is 0 Å². The number of hydrogen-bond donors (Lipinski definition) is 1. The fourth-order valence-electron chi connectivity index (χ4n) is 2.87. The molecule has 2 aromatic rings. The van der Waals surface area contributed by atoms with Crippen molar-refractivity contribution in [2.24, 2.45) is 10.7 Å². The van der Waals surface area contributed by atoms with Crippen molar-refractivity contribution in [2.45, 2.75) is 39.2 Å². The molecule has 1 atom stereocenters. The van der Waals surface area contributed by atoms with E-state index in [0.29, 0.717) is 5.17 Å². The van der Waals surface area contributed by atoms with Gasteiger partial charge in [-0.25, -0.2) is 18.7 Å². The van der Waals surface area contributed by atoms with Gasteiger partial charge < -0.3 is 10.5 Å². The predicted molar refractivity (Wildman–Crippen MR) is 111 cm³/mol. The number of aromatic nitrogens is 2. The van der Waals surface area contributed by atoms with Crippen molar-refractivity contribution in [1.82, 2.24) is 9.97 Å². The normalized spacial score (nSPS) is 18.7. The zero-order valence-electron chi connectivity index (χ0n) is 15.3. The average molecular weight is 423 g/mol. The van der Waals surface area contributed by atoms with E-state index in [1.807, 2.05) is 31.2 Å². The minimum absolute atomic E-state index is 0. The van der Waals surface area contributed by atoms with Gasteiger partial charge in [-0.1, -0.05) is 43.5 Å². The number of aliphatic imine (C=N–C) groups is 1. The Morgan fingerprint density at radius 2 is 2.14 bits per heavy atom.